The smallest absolute Gasteiger partial charge is 0.379 e. The van der Waals surface area contributed by atoms with Gasteiger partial charge in [-0.05, 0) is 29.8 Å². The Balaban J connectivity index is 2.05. The molecular weight excluding hydrogens is 231 g/mol. The summed E-state index contributed by atoms with van der Waals surface area (Å²) in [7, 11) is 0. The standard InChI is InChI=1S/C12H13F3NO/c13-12(14,15)11-3-1-2-10(8-11)9-16-4-6-17-7-5-16/h2-3,8H,4-7,9H2. The van der Waals surface area contributed by atoms with Crippen LogP contribution < -0.4 is 0 Å². The highest BCUT2D eigenvalue weighted by Gasteiger charge is 2.30. The first-order valence-electron chi connectivity index (χ1n) is 5.43. The van der Waals surface area contributed by atoms with Gasteiger partial charge in [-0.2, -0.15) is 13.2 Å². The zero-order valence-corrected chi connectivity index (χ0v) is 9.26. The minimum absolute atomic E-state index is 0.518. The number of alkyl halides is 3. The molecule has 5 heteroatoms. The molecule has 0 unspecified atom stereocenters. The Kier molecular flexibility index (Phi) is 3.69. The molecule has 93 valence electrons. The number of rotatable bonds is 2. The van der Waals surface area contributed by atoms with Crippen LogP contribution in [0.25, 0.3) is 0 Å². The zero-order chi connectivity index (χ0) is 12.3. The van der Waals surface area contributed by atoms with Crippen molar-refractivity contribution < 1.29 is 17.9 Å². The lowest BCUT2D eigenvalue weighted by Crippen LogP contribution is -2.35. The lowest BCUT2D eigenvalue weighted by Gasteiger charge is -2.26. The van der Waals surface area contributed by atoms with Crippen LogP contribution in [0.2, 0.25) is 0 Å². The first-order chi connectivity index (χ1) is 8.05. The summed E-state index contributed by atoms with van der Waals surface area (Å²) in [6.45, 7) is 3.32. The average molecular weight is 244 g/mol. The predicted octanol–water partition coefficient (Wildman–Crippen LogP) is 2.34. The van der Waals surface area contributed by atoms with E-state index in [0.29, 0.717) is 25.3 Å². The van der Waals surface area contributed by atoms with Gasteiger partial charge in [-0.25, -0.2) is 0 Å². The van der Waals surface area contributed by atoms with Crippen LogP contribution in [-0.2, 0) is 17.5 Å². The van der Waals surface area contributed by atoms with E-state index in [2.05, 4.69) is 11.0 Å². The average Bonchev–Trinajstić information content (AvgIpc) is 2.29. The van der Waals surface area contributed by atoms with Crippen molar-refractivity contribution in [3.8, 4) is 0 Å². The molecule has 1 saturated heterocycles. The molecule has 0 saturated carbocycles. The van der Waals surface area contributed by atoms with Crippen molar-refractivity contribution in [2.24, 2.45) is 0 Å². The molecule has 0 aliphatic carbocycles. The van der Waals surface area contributed by atoms with Gasteiger partial charge in [0.15, 0.2) is 0 Å². The van der Waals surface area contributed by atoms with Crippen molar-refractivity contribution in [1.82, 2.24) is 4.90 Å². The van der Waals surface area contributed by atoms with E-state index in [1.165, 1.54) is 6.07 Å². The van der Waals surface area contributed by atoms with Crippen molar-refractivity contribution in [3.05, 3.63) is 35.4 Å². The van der Waals surface area contributed by atoms with Gasteiger partial charge in [0.25, 0.3) is 0 Å². The SMILES string of the molecule is FC(F)(F)c1c[c]cc(CN2CCOCC2)c1. The van der Waals surface area contributed by atoms with Gasteiger partial charge in [0, 0.05) is 19.6 Å². The molecule has 1 aromatic rings. The number of halogens is 3. The van der Waals surface area contributed by atoms with Crippen LogP contribution in [0.15, 0.2) is 18.2 Å². The topological polar surface area (TPSA) is 12.5 Å². The fourth-order valence-electron chi connectivity index (χ4n) is 1.79. The predicted molar refractivity (Wildman–Crippen MR) is 56.4 cm³/mol. The molecule has 1 heterocycles. The summed E-state index contributed by atoms with van der Waals surface area (Å²) in [5, 5.41) is 0. The number of ether oxygens (including phenoxy) is 1. The fourth-order valence-corrected chi connectivity index (χ4v) is 1.79. The third-order valence-electron chi connectivity index (χ3n) is 2.69. The van der Waals surface area contributed by atoms with E-state index in [4.69, 9.17) is 4.74 Å². The number of nitrogens with zero attached hydrogens (tertiary/aromatic N) is 1. The molecule has 2 rings (SSSR count). The molecule has 0 N–H and O–H groups in total. The van der Waals surface area contributed by atoms with Gasteiger partial charge in [0.2, 0.25) is 0 Å². The highest BCUT2D eigenvalue weighted by atomic mass is 19.4. The van der Waals surface area contributed by atoms with E-state index in [9.17, 15) is 13.2 Å². The number of morpholine rings is 1. The summed E-state index contributed by atoms with van der Waals surface area (Å²) >= 11 is 0. The van der Waals surface area contributed by atoms with Crippen molar-refractivity contribution in [3.63, 3.8) is 0 Å². The summed E-state index contributed by atoms with van der Waals surface area (Å²) in [5.74, 6) is 0. The van der Waals surface area contributed by atoms with Crippen LogP contribution in [-0.4, -0.2) is 31.2 Å². The third-order valence-corrected chi connectivity index (χ3v) is 2.69. The Labute approximate surface area is 98.0 Å². The monoisotopic (exact) mass is 244 g/mol. The summed E-state index contributed by atoms with van der Waals surface area (Å²) in [6.07, 6.45) is -4.29. The molecular formula is C12H13F3NO. The van der Waals surface area contributed by atoms with Crippen LogP contribution in [0.1, 0.15) is 11.1 Å². The summed E-state index contributed by atoms with van der Waals surface area (Å²) < 4.78 is 42.7. The Hall–Kier alpha value is -1.07. The van der Waals surface area contributed by atoms with Crippen LogP contribution in [0.5, 0.6) is 0 Å². The van der Waals surface area contributed by atoms with Crippen molar-refractivity contribution in [2.45, 2.75) is 12.7 Å². The van der Waals surface area contributed by atoms with E-state index in [1.54, 1.807) is 6.07 Å². The maximum atomic E-state index is 12.5. The molecule has 1 radical (unpaired) electrons. The highest BCUT2D eigenvalue weighted by molar-refractivity contribution is 5.24. The van der Waals surface area contributed by atoms with E-state index < -0.39 is 11.7 Å². The quantitative estimate of drug-likeness (QED) is 0.791. The lowest BCUT2D eigenvalue weighted by atomic mass is 10.1. The molecule has 0 atom stereocenters. The molecule has 17 heavy (non-hydrogen) atoms. The van der Waals surface area contributed by atoms with Gasteiger partial charge >= 0.3 is 6.18 Å². The fraction of sp³-hybridized carbons (Fsp3) is 0.500. The zero-order valence-electron chi connectivity index (χ0n) is 9.26. The van der Waals surface area contributed by atoms with Gasteiger partial charge in [-0.1, -0.05) is 0 Å². The Morgan fingerprint density at radius 1 is 1.24 bits per heavy atom. The summed E-state index contributed by atoms with van der Waals surface area (Å²) in [5.41, 5.74) is 0.00462. The second-order valence-corrected chi connectivity index (χ2v) is 4.02. The summed E-state index contributed by atoms with van der Waals surface area (Å²) in [6, 6.07) is 6.31. The summed E-state index contributed by atoms with van der Waals surface area (Å²) in [4.78, 5) is 2.08. The van der Waals surface area contributed by atoms with Gasteiger partial charge in [0.05, 0.1) is 18.8 Å². The van der Waals surface area contributed by atoms with Gasteiger partial charge < -0.3 is 4.74 Å². The van der Waals surface area contributed by atoms with Gasteiger partial charge in [0.1, 0.15) is 0 Å². The molecule has 0 amide bonds. The first kappa shape index (κ1) is 12.4. The van der Waals surface area contributed by atoms with E-state index in [1.807, 2.05) is 0 Å². The van der Waals surface area contributed by atoms with Crippen LogP contribution in [0, 0.1) is 6.07 Å². The Bertz CT molecular complexity index is 372. The van der Waals surface area contributed by atoms with Crippen LogP contribution in [0.3, 0.4) is 0 Å². The largest absolute Gasteiger partial charge is 0.416 e. The Morgan fingerprint density at radius 3 is 2.59 bits per heavy atom. The van der Waals surface area contributed by atoms with E-state index in [0.717, 1.165) is 19.2 Å². The van der Waals surface area contributed by atoms with Gasteiger partial charge in [-0.15, -0.1) is 0 Å². The molecule has 1 aliphatic rings. The number of hydrogen-bond acceptors (Lipinski definition) is 2. The number of benzene rings is 1. The normalized spacial score (nSPS) is 18.3. The van der Waals surface area contributed by atoms with Crippen LogP contribution >= 0.6 is 0 Å². The maximum absolute atomic E-state index is 12.5. The number of hydrogen-bond donors (Lipinski definition) is 0. The first-order valence-corrected chi connectivity index (χ1v) is 5.43. The maximum Gasteiger partial charge on any atom is 0.416 e. The lowest BCUT2D eigenvalue weighted by molar-refractivity contribution is -0.137. The van der Waals surface area contributed by atoms with Crippen molar-refractivity contribution in [1.29, 1.82) is 0 Å². The van der Waals surface area contributed by atoms with Crippen molar-refractivity contribution >= 4 is 0 Å². The van der Waals surface area contributed by atoms with Crippen molar-refractivity contribution in [2.75, 3.05) is 26.3 Å². The second-order valence-electron chi connectivity index (χ2n) is 4.02. The molecule has 1 fully saturated rings. The Morgan fingerprint density at radius 2 is 1.94 bits per heavy atom. The van der Waals surface area contributed by atoms with E-state index in [-0.39, 0.29) is 0 Å². The third kappa shape index (κ3) is 3.44. The minimum atomic E-state index is -4.29. The molecule has 0 bridgehead atoms. The molecule has 0 spiro atoms. The highest BCUT2D eigenvalue weighted by Crippen LogP contribution is 2.29. The molecule has 1 aliphatic heterocycles. The van der Waals surface area contributed by atoms with E-state index >= 15 is 0 Å². The molecule has 2 nitrogen and oxygen atoms in total. The minimum Gasteiger partial charge on any atom is -0.379 e. The van der Waals surface area contributed by atoms with Crippen LogP contribution in [0.4, 0.5) is 13.2 Å². The molecule has 0 aromatic heterocycles. The second kappa shape index (κ2) is 5.06. The molecule has 1 aromatic carbocycles. The van der Waals surface area contributed by atoms with Gasteiger partial charge in [-0.3, -0.25) is 4.90 Å².